The Balaban J connectivity index is 2.39. The summed E-state index contributed by atoms with van der Waals surface area (Å²) in [6, 6.07) is 9.38. The molecule has 0 spiro atoms. The number of benzene rings is 1. The van der Waals surface area contributed by atoms with E-state index in [4.69, 9.17) is 10.5 Å². The molecule has 0 radical (unpaired) electrons. The first-order valence-electron chi connectivity index (χ1n) is 12.2. The fourth-order valence-corrected chi connectivity index (χ4v) is 3.77. The highest BCUT2D eigenvalue weighted by atomic mass is 16.5. The summed E-state index contributed by atoms with van der Waals surface area (Å²) < 4.78 is 5.88. The maximum atomic E-state index is 12.6. The fraction of sp³-hybridized carbons (Fsp3) is 0.731. The lowest BCUT2D eigenvalue weighted by atomic mass is 10.0. The second-order valence-electron chi connectivity index (χ2n) is 8.47. The van der Waals surface area contributed by atoms with Crippen molar-refractivity contribution < 1.29 is 9.53 Å². The van der Waals surface area contributed by atoms with E-state index in [2.05, 4.69) is 13.8 Å². The molecule has 0 fully saturated rings. The Bertz CT molecular complexity index is 487. The topological polar surface area (TPSA) is 52.3 Å². The van der Waals surface area contributed by atoms with Crippen LogP contribution in [0.2, 0.25) is 0 Å². The molecule has 0 saturated heterocycles. The molecule has 2 N–H and O–H groups in total. The molecule has 1 aromatic carbocycles. The van der Waals surface area contributed by atoms with Crippen molar-refractivity contribution in [1.82, 2.24) is 0 Å². The van der Waals surface area contributed by atoms with E-state index in [0.717, 1.165) is 31.2 Å². The van der Waals surface area contributed by atoms with E-state index in [1.165, 1.54) is 64.2 Å². The van der Waals surface area contributed by atoms with Crippen molar-refractivity contribution in [1.29, 1.82) is 0 Å². The van der Waals surface area contributed by atoms with E-state index in [-0.39, 0.29) is 12.1 Å². The minimum atomic E-state index is -0.575. The third kappa shape index (κ3) is 13.5. The smallest absolute Gasteiger partial charge is 0.323 e. The van der Waals surface area contributed by atoms with Gasteiger partial charge < -0.3 is 10.5 Å². The lowest BCUT2D eigenvalue weighted by Gasteiger charge is -2.20. The van der Waals surface area contributed by atoms with E-state index in [1.54, 1.807) is 0 Å². The van der Waals surface area contributed by atoms with Crippen molar-refractivity contribution in [2.75, 3.05) is 0 Å². The zero-order valence-electron chi connectivity index (χ0n) is 19.0. The molecule has 0 aliphatic rings. The van der Waals surface area contributed by atoms with E-state index in [1.807, 2.05) is 30.3 Å². The quantitative estimate of drug-likeness (QED) is 0.213. The van der Waals surface area contributed by atoms with E-state index >= 15 is 0 Å². The van der Waals surface area contributed by atoms with Gasteiger partial charge in [-0.25, -0.2) is 0 Å². The van der Waals surface area contributed by atoms with Crippen LogP contribution in [0.25, 0.3) is 0 Å². The van der Waals surface area contributed by atoms with Gasteiger partial charge in [0.25, 0.3) is 0 Å². The molecule has 0 unspecified atom stereocenters. The van der Waals surface area contributed by atoms with Crippen molar-refractivity contribution in [3.63, 3.8) is 0 Å². The first-order chi connectivity index (χ1) is 14.2. The van der Waals surface area contributed by atoms with Gasteiger partial charge in [-0.05, 0) is 37.7 Å². The number of nitrogens with two attached hydrogens (primary N) is 1. The Morgan fingerprint density at radius 2 is 1.28 bits per heavy atom. The summed E-state index contributed by atoms with van der Waals surface area (Å²) in [6.07, 6.45) is 17.7. The minimum absolute atomic E-state index is 0.0293. The van der Waals surface area contributed by atoms with Crippen LogP contribution in [-0.2, 0) is 16.0 Å². The van der Waals surface area contributed by atoms with Gasteiger partial charge in [0.2, 0.25) is 0 Å². The molecule has 0 aliphatic heterocycles. The van der Waals surface area contributed by atoms with E-state index in [9.17, 15) is 4.79 Å². The number of unbranched alkanes of at least 4 members (excludes halogenated alkanes) is 10. The van der Waals surface area contributed by atoms with Gasteiger partial charge in [-0.3, -0.25) is 4.79 Å². The normalized spacial score (nSPS) is 12.3. The van der Waals surface area contributed by atoms with Crippen LogP contribution in [0, 0.1) is 0 Å². The number of hydrogen-bond acceptors (Lipinski definition) is 3. The molecule has 0 heterocycles. The number of hydrogen-bond donors (Lipinski definition) is 1. The monoisotopic (exact) mass is 403 g/mol. The molecule has 0 aromatic heterocycles. The van der Waals surface area contributed by atoms with E-state index < -0.39 is 6.04 Å². The molecule has 0 saturated carbocycles. The van der Waals surface area contributed by atoms with Crippen molar-refractivity contribution in [2.45, 2.75) is 122 Å². The average molecular weight is 404 g/mol. The third-order valence-electron chi connectivity index (χ3n) is 5.64. The van der Waals surface area contributed by atoms with Gasteiger partial charge in [0.05, 0.1) is 0 Å². The second kappa shape index (κ2) is 17.5. The predicted molar refractivity (Wildman–Crippen MR) is 124 cm³/mol. The molecule has 0 bridgehead atoms. The summed E-state index contributed by atoms with van der Waals surface area (Å²) in [7, 11) is 0. The summed E-state index contributed by atoms with van der Waals surface area (Å²) in [5.41, 5.74) is 7.23. The van der Waals surface area contributed by atoms with Crippen LogP contribution in [0.3, 0.4) is 0 Å². The first-order valence-corrected chi connectivity index (χ1v) is 12.2. The molecule has 166 valence electrons. The summed E-state index contributed by atoms with van der Waals surface area (Å²) in [4.78, 5) is 12.6. The average Bonchev–Trinajstić information content (AvgIpc) is 2.73. The summed E-state index contributed by atoms with van der Waals surface area (Å²) >= 11 is 0. The lowest BCUT2D eigenvalue weighted by molar-refractivity contribution is -0.151. The van der Waals surface area contributed by atoms with Crippen LogP contribution in [0.1, 0.15) is 109 Å². The van der Waals surface area contributed by atoms with Crippen LogP contribution in [-0.4, -0.2) is 18.1 Å². The van der Waals surface area contributed by atoms with Crippen molar-refractivity contribution in [3.8, 4) is 0 Å². The van der Waals surface area contributed by atoms with Crippen LogP contribution < -0.4 is 5.73 Å². The Labute approximate surface area is 179 Å². The maximum Gasteiger partial charge on any atom is 0.323 e. The van der Waals surface area contributed by atoms with Crippen molar-refractivity contribution in [2.24, 2.45) is 5.73 Å². The lowest BCUT2D eigenvalue weighted by Crippen LogP contribution is -2.36. The molecular formula is C26H45NO2. The Hall–Kier alpha value is -1.35. The van der Waals surface area contributed by atoms with Gasteiger partial charge in [0, 0.05) is 0 Å². The second-order valence-corrected chi connectivity index (χ2v) is 8.47. The molecule has 0 amide bonds. The highest BCUT2D eigenvalue weighted by molar-refractivity contribution is 5.76. The van der Waals surface area contributed by atoms with Gasteiger partial charge in [-0.15, -0.1) is 0 Å². The van der Waals surface area contributed by atoms with Crippen molar-refractivity contribution >= 4 is 5.97 Å². The highest BCUT2D eigenvalue weighted by Gasteiger charge is 2.20. The van der Waals surface area contributed by atoms with Gasteiger partial charge in [0.1, 0.15) is 12.1 Å². The van der Waals surface area contributed by atoms with Gasteiger partial charge >= 0.3 is 5.97 Å². The molecule has 0 aliphatic carbocycles. The SMILES string of the molecule is CCCCCCCCC(CCCCCCCC)OC(=O)[C@@H](N)Cc1ccccc1. The zero-order valence-corrected chi connectivity index (χ0v) is 19.0. The molecule has 3 heteroatoms. The third-order valence-corrected chi connectivity index (χ3v) is 5.64. The number of rotatable bonds is 18. The minimum Gasteiger partial charge on any atom is -0.461 e. The Kier molecular flexibility index (Phi) is 15.5. The maximum absolute atomic E-state index is 12.6. The van der Waals surface area contributed by atoms with Crippen LogP contribution in [0.4, 0.5) is 0 Å². The summed E-state index contributed by atoms with van der Waals surface area (Å²) in [5.74, 6) is -0.240. The van der Waals surface area contributed by atoms with Gasteiger partial charge in [0.15, 0.2) is 0 Å². The Morgan fingerprint density at radius 1 is 0.793 bits per heavy atom. The largest absolute Gasteiger partial charge is 0.461 e. The standard InChI is InChI=1S/C26H45NO2/c1-3-5-7-9-11-16-20-24(21-17-12-10-8-6-4-2)29-26(28)25(27)22-23-18-14-13-15-19-23/h13-15,18-19,24-25H,3-12,16-17,20-22,27H2,1-2H3/t25-/m0/s1. The summed E-state index contributed by atoms with van der Waals surface area (Å²) in [5, 5.41) is 0. The van der Waals surface area contributed by atoms with Crippen LogP contribution in [0.5, 0.6) is 0 Å². The molecule has 3 nitrogen and oxygen atoms in total. The predicted octanol–water partition coefficient (Wildman–Crippen LogP) is 6.97. The number of esters is 1. The summed E-state index contributed by atoms with van der Waals surface area (Å²) in [6.45, 7) is 4.49. The molecule has 1 atom stereocenters. The Morgan fingerprint density at radius 3 is 1.79 bits per heavy atom. The molecule has 1 aromatic rings. The van der Waals surface area contributed by atoms with E-state index in [0.29, 0.717) is 6.42 Å². The molecular weight excluding hydrogens is 358 g/mol. The number of carbonyl (C=O) groups excluding carboxylic acids is 1. The van der Waals surface area contributed by atoms with Crippen LogP contribution >= 0.6 is 0 Å². The zero-order chi connectivity index (χ0) is 21.2. The molecule has 29 heavy (non-hydrogen) atoms. The van der Waals surface area contributed by atoms with Crippen LogP contribution in [0.15, 0.2) is 30.3 Å². The number of ether oxygens (including phenoxy) is 1. The first kappa shape index (κ1) is 25.7. The van der Waals surface area contributed by atoms with Gasteiger partial charge in [-0.2, -0.15) is 0 Å². The highest BCUT2D eigenvalue weighted by Crippen LogP contribution is 2.17. The molecule has 1 rings (SSSR count). The van der Waals surface area contributed by atoms with Crippen molar-refractivity contribution in [3.05, 3.63) is 35.9 Å². The number of carbonyl (C=O) groups is 1. The fourth-order valence-electron chi connectivity index (χ4n) is 3.77. The van der Waals surface area contributed by atoms with Gasteiger partial charge in [-0.1, -0.05) is 108 Å².